The summed E-state index contributed by atoms with van der Waals surface area (Å²) in [6, 6.07) is 8.19. The maximum atomic E-state index is 13.2. The Labute approximate surface area is 164 Å². The Bertz CT molecular complexity index is 858. The molecule has 0 bridgehead atoms. The number of ether oxygens (including phenoxy) is 1. The molecule has 0 radical (unpaired) electrons. The van der Waals surface area contributed by atoms with Gasteiger partial charge in [-0.15, -0.1) is 0 Å². The number of hydrogen-bond acceptors (Lipinski definition) is 5. The van der Waals surface area contributed by atoms with Gasteiger partial charge in [0.2, 0.25) is 11.8 Å². The highest BCUT2D eigenvalue weighted by Gasteiger charge is 2.42. The number of benzene rings is 1. The number of non-ortho nitro benzene ring substituents is 1. The molecule has 1 fully saturated rings. The molecule has 0 unspecified atom stereocenters. The molecule has 7 nitrogen and oxygen atoms in total. The summed E-state index contributed by atoms with van der Waals surface area (Å²) in [6.07, 6.45) is 5.85. The predicted molar refractivity (Wildman–Crippen MR) is 107 cm³/mol. The van der Waals surface area contributed by atoms with Gasteiger partial charge < -0.3 is 10.1 Å². The quantitative estimate of drug-likeness (QED) is 0.559. The molecule has 3 rings (SSSR count). The van der Waals surface area contributed by atoms with Crippen LogP contribution < -0.4 is 10.1 Å². The topological polar surface area (TPSA) is 94.4 Å². The first-order valence-corrected chi connectivity index (χ1v) is 9.62. The number of rotatable bonds is 7. The minimum atomic E-state index is -0.666. The fourth-order valence-electron chi connectivity index (χ4n) is 3.76. The third-order valence-electron chi connectivity index (χ3n) is 5.25. The van der Waals surface area contributed by atoms with Crippen molar-refractivity contribution >= 4 is 17.3 Å². The van der Waals surface area contributed by atoms with Crippen molar-refractivity contribution in [3.63, 3.8) is 0 Å². The molecule has 1 N–H and O–H groups in total. The van der Waals surface area contributed by atoms with Crippen molar-refractivity contribution in [2.45, 2.75) is 51.4 Å². The minimum absolute atomic E-state index is 0.0276. The monoisotopic (exact) mass is 383 g/mol. The van der Waals surface area contributed by atoms with Gasteiger partial charge in [-0.25, -0.2) is 4.98 Å². The predicted octanol–water partition coefficient (Wildman–Crippen LogP) is 4.54. The number of nitro groups is 1. The van der Waals surface area contributed by atoms with E-state index >= 15 is 0 Å². The molecule has 1 saturated carbocycles. The van der Waals surface area contributed by atoms with Crippen LogP contribution in [0.2, 0.25) is 0 Å². The molecule has 1 aromatic carbocycles. The first-order valence-electron chi connectivity index (χ1n) is 9.62. The zero-order valence-corrected chi connectivity index (χ0v) is 16.2. The Morgan fingerprint density at radius 1 is 1.29 bits per heavy atom. The van der Waals surface area contributed by atoms with Gasteiger partial charge in [-0.2, -0.15) is 0 Å². The Hall–Kier alpha value is -2.96. The van der Waals surface area contributed by atoms with Crippen molar-refractivity contribution < 1.29 is 14.5 Å². The van der Waals surface area contributed by atoms with Crippen LogP contribution in [0.1, 0.15) is 50.2 Å². The van der Waals surface area contributed by atoms with E-state index in [9.17, 15) is 14.9 Å². The molecule has 7 heteroatoms. The van der Waals surface area contributed by atoms with Crippen LogP contribution in [-0.4, -0.2) is 22.4 Å². The van der Waals surface area contributed by atoms with E-state index in [-0.39, 0.29) is 11.6 Å². The Kier molecular flexibility index (Phi) is 5.92. The van der Waals surface area contributed by atoms with E-state index < -0.39 is 10.3 Å². The second-order valence-corrected chi connectivity index (χ2v) is 7.24. The van der Waals surface area contributed by atoms with E-state index in [0.717, 1.165) is 43.2 Å². The highest BCUT2D eigenvalue weighted by atomic mass is 16.6. The van der Waals surface area contributed by atoms with Crippen LogP contribution in [0.15, 0.2) is 36.5 Å². The molecule has 0 atom stereocenters. The van der Waals surface area contributed by atoms with Gasteiger partial charge in [-0.05, 0) is 37.8 Å². The molecule has 0 spiro atoms. The lowest BCUT2D eigenvalue weighted by Gasteiger charge is -2.28. The molecule has 1 aromatic heterocycles. The van der Waals surface area contributed by atoms with Crippen LogP contribution in [0.3, 0.4) is 0 Å². The maximum absolute atomic E-state index is 13.2. The molecule has 0 saturated heterocycles. The second-order valence-electron chi connectivity index (χ2n) is 7.24. The Morgan fingerprint density at radius 3 is 2.54 bits per heavy atom. The van der Waals surface area contributed by atoms with Crippen molar-refractivity contribution in [1.29, 1.82) is 0 Å². The lowest BCUT2D eigenvalue weighted by atomic mass is 9.78. The largest absolute Gasteiger partial charge is 0.477 e. The molecule has 1 aliphatic rings. The summed E-state index contributed by atoms with van der Waals surface area (Å²) in [5.41, 5.74) is 1.67. The SMILES string of the molecule is CCCOc1ncc(NC(=O)C2(c3ccc([N+](=O)[O-])cc3)CCCC2)cc1C. The van der Waals surface area contributed by atoms with Gasteiger partial charge in [0.25, 0.3) is 5.69 Å². The van der Waals surface area contributed by atoms with Crippen LogP contribution in [0.5, 0.6) is 5.88 Å². The van der Waals surface area contributed by atoms with Gasteiger partial charge in [0.05, 0.1) is 28.8 Å². The molecule has 1 heterocycles. The van der Waals surface area contributed by atoms with Crippen molar-refractivity contribution in [3.05, 3.63) is 57.8 Å². The van der Waals surface area contributed by atoms with E-state index in [2.05, 4.69) is 10.3 Å². The number of nitrogens with one attached hydrogen (secondary N) is 1. The van der Waals surface area contributed by atoms with Gasteiger partial charge >= 0.3 is 0 Å². The molecule has 148 valence electrons. The number of aryl methyl sites for hydroxylation is 1. The standard InChI is InChI=1S/C21H25N3O4/c1-3-12-28-19-15(2)13-17(14-22-19)23-20(25)21(10-4-5-11-21)16-6-8-18(9-7-16)24(26)27/h6-9,13-14H,3-5,10-12H2,1-2H3,(H,23,25). The fourth-order valence-corrected chi connectivity index (χ4v) is 3.76. The van der Waals surface area contributed by atoms with E-state index in [1.54, 1.807) is 18.3 Å². The molecule has 1 amide bonds. The van der Waals surface area contributed by atoms with Gasteiger partial charge in [0, 0.05) is 17.7 Å². The van der Waals surface area contributed by atoms with Crippen LogP contribution in [-0.2, 0) is 10.2 Å². The van der Waals surface area contributed by atoms with Gasteiger partial charge in [-0.3, -0.25) is 14.9 Å². The second kappa shape index (κ2) is 8.37. The van der Waals surface area contributed by atoms with Crippen LogP contribution in [0.4, 0.5) is 11.4 Å². The Morgan fingerprint density at radius 2 is 1.96 bits per heavy atom. The van der Waals surface area contributed by atoms with Crippen molar-refractivity contribution in [2.24, 2.45) is 0 Å². The third kappa shape index (κ3) is 3.98. The number of nitrogens with zero attached hydrogens (tertiary/aromatic N) is 2. The lowest BCUT2D eigenvalue weighted by molar-refractivity contribution is -0.384. The first kappa shape index (κ1) is 19.8. The average Bonchev–Trinajstić information content (AvgIpc) is 3.19. The number of aromatic nitrogens is 1. The summed E-state index contributed by atoms with van der Waals surface area (Å²) in [4.78, 5) is 28.0. The van der Waals surface area contributed by atoms with Gasteiger partial charge in [0.1, 0.15) is 0 Å². The summed E-state index contributed by atoms with van der Waals surface area (Å²) in [5.74, 6) is 0.480. The van der Waals surface area contributed by atoms with E-state index in [0.29, 0.717) is 18.2 Å². The summed E-state index contributed by atoms with van der Waals surface area (Å²) in [6.45, 7) is 4.53. The third-order valence-corrected chi connectivity index (χ3v) is 5.25. The van der Waals surface area contributed by atoms with Crippen LogP contribution in [0.25, 0.3) is 0 Å². The number of anilines is 1. The fraction of sp³-hybridized carbons (Fsp3) is 0.429. The first-order chi connectivity index (χ1) is 13.5. The van der Waals surface area contributed by atoms with Gasteiger partial charge in [0.15, 0.2) is 0 Å². The maximum Gasteiger partial charge on any atom is 0.269 e. The average molecular weight is 383 g/mol. The van der Waals surface area contributed by atoms with E-state index in [4.69, 9.17) is 4.74 Å². The van der Waals surface area contributed by atoms with E-state index in [1.165, 1.54) is 12.1 Å². The number of amides is 1. The number of hydrogen-bond donors (Lipinski definition) is 1. The summed E-state index contributed by atoms with van der Waals surface area (Å²) in [7, 11) is 0. The smallest absolute Gasteiger partial charge is 0.269 e. The normalized spacial score (nSPS) is 15.2. The summed E-state index contributed by atoms with van der Waals surface area (Å²) >= 11 is 0. The van der Waals surface area contributed by atoms with Crippen LogP contribution in [0, 0.1) is 17.0 Å². The number of pyridine rings is 1. The summed E-state index contributed by atoms with van der Waals surface area (Å²) in [5, 5.41) is 13.9. The minimum Gasteiger partial charge on any atom is -0.477 e. The molecular weight excluding hydrogens is 358 g/mol. The molecular formula is C21H25N3O4. The highest BCUT2D eigenvalue weighted by Crippen LogP contribution is 2.42. The molecule has 2 aromatic rings. The van der Waals surface area contributed by atoms with Crippen LogP contribution >= 0.6 is 0 Å². The highest BCUT2D eigenvalue weighted by molar-refractivity contribution is 5.99. The zero-order chi connectivity index (χ0) is 20.1. The van der Waals surface area contributed by atoms with Gasteiger partial charge in [-0.1, -0.05) is 31.9 Å². The molecule has 28 heavy (non-hydrogen) atoms. The number of carbonyl (C=O) groups is 1. The Balaban J connectivity index is 1.82. The van der Waals surface area contributed by atoms with Crippen molar-refractivity contribution in [1.82, 2.24) is 4.98 Å². The lowest BCUT2D eigenvalue weighted by Crippen LogP contribution is -2.38. The number of nitro benzene ring substituents is 1. The number of carbonyl (C=O) groups excluding carboxylic acids is 1. The summed E-state index contributed by atoms with van der Waals surface area (Å²) < 4.78 is 5.59. The molecule has 1 aliphatic carbocycles. The van der Waals surface area contributed by atoms with Crippen molar-refractivity contribution in [2.75, 3.05) is 11.9 Å². The van der Waals surface area contributed by atoms with Crippen molar-refractivity contribution in [3.8, 4) is 5.88 Å². The molecule has 0 aliphatic heterocycles. The zero-order valence-electron chi connectivity index (χ0n) is 16.2. The van der Waals surface area contributed by atoms with E-state index in [1.807, 2.05) is 19.9 Å².